The molecule has 1 saturated heterocycles. The van der Waals surface area contributed by atoms with Gasteiger partial charge >= 0.3 is 0 Å². The Kier molecular flexibility index (Phi) is 6.59. The van der Waals surface area contributed by atoms with Crippen molar-refractivity contribution in [1.82, 2.24) is 12.9 Å². The monoisotopic (exact) mass is 365 g/mol. The average Bonchev–Trinajstić information content (AvgIpc) is 2.27. The third-order valence-corrected chi connectivity index (χ3v) is 3.67. The molecule has 1 rings (SSSR count). The summed E-state index contributed by atoms with van der Waals surface area (Å²) in [5.41, 5.74) is 0. The topological polar surface area (TPSA) is 26.8 Å². The molecule has 0 aromatic heterocycles. The van der Waals surface area contributed by atoms with Crippen LogP contribution in [0.4, 0.5) is 0 Å². The zero-order valence-corrected chi connectivity index (χ0v) is 13.9. The highest BCUT2D eigenvalue weighted by Crippen LogP contribution is 2.13. The van der Waals surface area contributed by atoms with E-state index in [4.69, 9.17) is 0 Å². The van der Waals surface area contributed by atoms with E-state index in [1.807, 2.05) is 21.1 Å². The fourth-order valence-electron chi connectivity index (χ4n) is 2.34. The van der Waals surface area contributed by atoms with Crippen LogP contribution in [0.1, 0.15) is 20.8 Å². The molecule has 18 heavy (non-hydrogen) atoms. The number of likely N-dealkylation sites (N-methyl/N-ethyl adjacent to an activating group) is 1. The summed E-state index contributed by atoms with van der Waals surface area (Å²) in [5.74, 6) is 0.142. The van der Waals surface area contributed by atoms with Gasteiger partial charge in [-0.15, -0.1) is 0 Å². The van der Waals surface area contributed by atoms with Crippen LogP contribution in [0, 0.1) is 0 Å². The Bertz CT molecular complexity index is 305. The van der Waals surface area contributed by atoms with Crippen molar-refractivity contribution in [3.8, 4) is 0 Å². The lowest BCUT2D eigenvalue weighted by Gasteiger charge is -2.41. The van der Waals surface area contributed by atoms with E-state index < -0.39 is 0 Å². The van der Waals surface area contributed by atoms with Crippen LogP contribution in [0.15, 0.2) is 12.2 Å². The minimum absolute atomic E-state index is 0.142. The van der Waals surface area contributed by atoms with Gasteiger partial charge < -0.3 is 4.90 Å². The molecule has 0 saturated carbocycles. The summed E-state index contributed by atoms with van der Waals surface area (Å²) < 4.78 is 2.01. The van der Waals surface area contributed by atoms with Crippen molar-refractivity contribution in [1.29, 1.82) is 0 Å². The van der Waals surface area contributed by atoms with Gasteiger partial charge in [0.2, 0.25) is 5.91 Å². The molecule has 0 aliphatic carbocycles. The van der Waals surface area contributed by atoms with Crippen molar-refractivity contribution in [2.24, 2.45) is 0 Å². The van der Waals surface area contributed by atoms with E-state index >= 15 is 0 Å². The number of nitrogens with zero attached hydrogens (tertiary/aromatic N) is 3. The number of hydrogen-bond donors (Lipinski definition) is 0. The van der Waals surface area contributed by atoms with Crippen molar-refractivity contribution in [2.45, 2.75) is 32.9 Å². The molecule has 5 heteroatoms. The van der Waals surface area contributed by atoms with Crippen LogP contribution in [-0.2, 0) is 4.79 Å². The third-order valence-electron chi connectivity index (χ3n) is 3.27. The van der Waals surface area contributed by atoms with Gasteiger partial charge in [0, 0.05) is 67.2 Å². The Morgan fingerprint density at radius 1 is 1.50 bits per heavy atom. The number of rotatable bonds is 4. The summed E-state index contributed by atoms with van der Waals surface area (Å²) >= 11 is 2.21. The van der Waals surface area contributed by atoms with E-state index in [9.17, 15) is 4.79 Å². The number of hydrogen-bond acceptors (Lipinski definition) is 3. The minimum Gasteiger partial charge on any atom is -0.336 e. The molecule has 1 aliphatic rings. The largest absolute Gasteiger partial charge is 0.336 e. The van der Waals surface area contributed by atoms with Gasteiger partial charge in [0.1, 0.15) is 0 Å². The van der Waals surface area contributed by atoms with Crippen LogP contribution in [0.2, 0.25) is 0 Å². The van der Waals surface area contributed by atoms with E-state index in [0.29, 0.717) is 12.1 Å². The number of carbonyl (C=O) groups is 1. The molecule has 4 nitrogen and oxygen atoms in total. The van der Waals surface area contributed by atoms with Crippen LogP contribution in [0.3, 0.4) is 0 Å². The summed E-state index contributed by atoms with van der Waals surface area (Å²) in [7, 11) is 1.98. The minimum atomic E-state index is 0.142. The second kappa shape index (κ2) is 7.45. The standard InChI is InChI=1S/C13H24IN3O/c1-11(2)17-9-8-16(10-12(17)3)13(18)6-5-7-15(4)14/h5-6,11-12H,7-10H2,1-4H3/b6-5+. The Labute approximate surface area is 124 Å². The lowest BCUT2D eigenvalue weighted by molar-refractivity contribution is -0.129. The highest BCUT2D eigenvalue weighted by molar-refractivity contribution is 14.1. The number of carbonyl (C=O) groups excluding carboxylic acids is 1. The first-order valence-electron chi connectivity index (χ1n) is 6.50. The molecule has 0 aromatic rings. The van der Waals surface area contributed by atoms with Gasteiger partial charge in [0.25, 0.3) is 0 Å². The van der Waals surface area contributed by atoms with Gasteiger partial charge in [-0.3, -0.25) is 9.69 Å². The zero-order chi connectivity index (χ0) is 13.7. The summed E-state index contributed by atoms with van der Waals surface area (Å²) in [4.78, 5) is 16.4. The average molecular weight is 365 g/mol. The number of amides is 1. The molecule has 0 aromatic carbocycles. The molecular formula is C13H24IN3O. The van der Waals surface area contributed by atoms with Crippen LogP contribution >= 0.6 is 22.9 Å². The second-order valence-corrected chi connectivity index (χ2v) is 6.80. The Morgan fingerprint density at radius 2 is 2.17 bits per heavy atom. The predicted molar refractivity (Wildman–Crippen MR) is 83.7 cm³/mol. The molecule has 1 fully saturated rings. The summed E-state index contributed by atoms with van der Waals surface area (Å²) in [6, 6.07) is 1.00. The van der Waals surface area contributed by atoms with Gasteiger partial charge in [0.05, 0.1) is 0 Å². The van der Waals surface area contributed by atoms with Gasteiger partial charge in [0.15, 0.2) is 0 Å². The van der Waals surface area contributed by atoms with Gasteiger partial charge in [-0.25, -0.2) is 3.11 Å². The highest BCUT2D eigenvalue weighted by Gasteiger charge is 2.26. The van der Waals surface area contributed by atoms with E-state index in [-0.39, 0.29) is 5.91 Å². The highest BCUT2D eigenvalue weighted by atomic mass is 127. The summed E-state index contributed by atoms with van der Waals surface area (Å²) in [6.45, 7) is 10.1. The predicted octanol–water partition coefficient (Wildman–Crippen LogP) is 1.77. The van der Waals surface area contributed by atoms with E-state index in [0.717, 1.165) is 26.2 Å². The third kappa shape index (κ3) is 4.85. The SMILES string of the molecule is CC(C)N1CCN(C(=O)/C=C/CN(C)I)CC1C. The molecular weight excluding hydrogens is 341 g/mol. The first-order chi connectivity index (χ1) is 8.41. The van der Waals surface area contributed by atoms with Crippen LogP contribution in [0.5, 0.6) is 0 Å². The van der Waals surface area contributed by atoms with E-state index in [1.165, 1.54) is 0 Å². The summed E-state index contributed by atoms with van der Waals surface area (Å²) in [6.07, 6.45) is 3.63. The maximum Gasteiger partial charge on any atom is 0.246 e. The fourth-order valence-corrected chi connectivity index (χ4v) is 2.57. The molecule has 1 aliphatic heterocycles. The second-order valence-electron chi connectivity index (χ2n) is 5.15. The lowest BCUT2D eigenvalue weighted by Crippen LogP contribution is -2.55. The molecule has 104 valence electrons. The molecule has 0 bridgehead atoms. The normalized spacial score (nSPS) is 22.4. The molecule has 1 unspecified atom stereocenters. The van der Waals surface area contributed by atoms with Gasteiger partial charge in [-0.2, -0.15) is 0 Å². The zero-order valence-electron chi connectivity index (χ0n) is 11.8. The summed E-state index contributed by atoms with van der Waals surface area (Å²) in [5, 5.41) is 0. The van der Waals surface area contributed by atoms with Gasteiger partial charge in [-0.05, 0) is 27.8 Å². The van der Waals surface area contributed by atoms with Crippen molar-refractivity contribution < 1.29 is 4.79 Å². The maximum absolute atomic E-state index is 12.0. The van der Waals surface area contributed by atoms with Crippen molar-refractivity contribution in [2.75, 3.05) is 33.2 Å². The Balaban J connectivity index is 2.45. The van der Waals surface area contributed by atoms with E-state index in [2.05, 4.69) is 48.5 Å². The molecule has 0 spiro atoms. The maximum atomic E-state index is 12.0. The van der Waals surface area contributed by atoms with Crippen LogP contribution in [-0.4, -0.2) is 64.1 Å². The lowest BCUT2D eigenvalue weighted by atomic mass is 10.1. The van der Waals surface area contributed by atoms with Gasteiger partial charge in [-0.1, -0.05) is 6.08 Å². The fraction of sp³-hybridized carbons (Fsp3) is 0.769. The van der Waals surface area contributed by atoms with Crippen molar-refractivity contribution in [3.05, 3.63) is 12.2 Å². The van der Waals surface area contributed by atoms with Crippen molar-refractivity contribution in [3.63, 3.8) is 0 Å². The molecule has 1 atom stereocenters. The Morgan fingerprint density at radius 3 is 2.67 bits per heavy atom. The molecule has 0 N–H and O–H groups in total. The number of halogens is 1. The number of piperazine rings is 1. The quantitative estimate of drug-likeness (QED) is 0.432. The van der Waals surface area contributed by atoms with Crippen LogP contribution in [0.25, 0.3) is 0 Å². The molecule has 1 heterocycles. The first-order valence-corrected chi connectivity index (χ1v) is 7.46. The van der Waals surface area contributed by atoms with Crippen molar-refractivity contribution >= 4 is 28.8 Å². The molecule has 0 radical (unpaired) electrons. The smallest absolute Gasteiger partial charge is 0.246 e. The van der Waals surface area contributed by atoms with Crippen LogP contribution < -0.4 is 0 Å². The Hall–Kier alpha value is -0.140. The molecule has 1 amide bonds. The van der Waals surface area contributed by atoms with E-state index in [1.54, 1.807) is 6.08 Å². The first kappa shape index (κ1) is 15.9.